The van der Waals surface area contributed by atoms with E-state index in [-0.39, 0.29) is 12.3 Å². The summed E-state index contributed by atoms with van der Waals surface area (Å²) < 4.78 is 10.8. The van der Waals surface area contributed by atoms with Crippen molar-refractivity contribution < 1.29 is 14.3 Å². The number of halogens is 1. The lowest BCUT2D eigenvalue weighted by atomic mass is 10.1. The molecule has 1 aliphatic heterocycles. The molecule has 0 amide bonds. The first-order chi connectivity index (χ1) is 7.72. The Morgan fingerprint density at radius 1 is 1.38 bits per heavy atom. The lowest BCUT2D eigenvalue weighted by Gasteiger charge is -2.19. The molecule has 0 unspecified atom stereocenters. The van der Waals surface area contributed by atoms with Crippen LogP contribution in [-0.2, 0) is 0 Å². The molecule has 0 atom stereocenters. The summed E-state index contributed by atoms with van der Waals surface area (Å²) in [6, 6.07) is 3.26. The molecular weight excluding hydrogens is 230 g/mol. The second-order valence-corrected chi connectivity index (χ2v) is 3.84. The molecule has 5 heteroatoms. The van der Waals surface area contributed by atoms with Crippen LogP contribution in [0.25, 0.3) is 0 Å². The van der Waals surface area contributed by atoms with E-state index in [0.717, 1.165) is 0 Å². The van der Waals surface area contributed by atoms with E-state index in [1.165, 1.54) is 0 Å². The van der Waals surface area contributed by atoms with Crippen LogP contribution in [0.2, 0.25) is 5.02 Å². The number of ether oxygens (including phenoxy) is 2. The van der Waals surface area contributed by atoms with Gasteiger partial charge in [-0.25, -0.2) is 0 Å². The van der Waals surface area contributed by atoms with Crippen LogP contribution in [0.4, 0.5) is 0 Å². The largest absolute Gasteiger partial charge is 0.486 e. The van der Waals surface area contributed by atoms with Crippen molar-refractivity contribution in [2.24, 2.45) is 0 Å². The summed E-state index contributed by atoms with van der Waals surface area (Å²) in [5.74, 6) is 1.11. The zero-order valence-electron chi connectivity index (χ0n) is 8.88. The van der Waals surface area contributed by atoms with E-state index in [1.54, 1.807) is 19.2 Å². The Bertz CT molecular complexity index is 420. The molecule has 0 fully saturated rings. The van der Waals surface area contributed by atoms with E-state index in [1.807, 2.05) is 0 Å². The molecule has 0 saturated heterocycles. The Labute approximate surface area is 98.5 Å². The third-order valence-corrected chi connectivity index (χ3v) is 2.58. The summed E-state index contributed by atoms with van der Waals surface area (Å²) in [6.45, 7) is 1.25. The highest BCUT2D eigenvalue weighted by molar-refractivity contribution is 6.34. The molecule has 0 bridgehead atoms. The monoisotopic (exact) mass is 241 g/mol. The van der Waals surface area contributed by atoms with Gasteiger partial charge in [0.1, 0.15) is 13.2 Å². The molecule has 0 spiro atoms. The normalized spacial score (nSPS) is 13.6. The fourth-order valence-electron chi connectivity index (χ4n) is 1.53. The van der Waals surface area contributed by atoms with Crippen molar-refractivity contribution in [1.82, 2.24) is 5.32 Å². The number of nitrogens with one attached hydrogen (secondary N) is 1. The lowest BCUT2D eigenvalue weighted by Crippen LogP contribution is -2.20. The molecule has 1 N–H and O–H groups in total. The molecule has 0 aliphatic carbocycles. The van der Waals surface area contributed by atoms with Gasteiger partial charge in [-0.15, -0.1) is 0 Å². The number of benzene rings is 1. The van der Waals surface area contributed by atoms with Crippen molar-refractivity contribution in [3.05, 3.63) is 22.7 Å². The Balaban J connectivity index is 2.35. The zero-order chi connectivity index (χ0) is 11.5. The van der Waals surface area contributed by atoms with Crippen LogP contribution in [0, 0.1) is 0 Å². The number of hydrogen-bond donors (Lipinski definition) is 1. The van der Waals surface area contributed by atoms with E-state index in [9.17, 15) is 4.79 Å². The molecule has 1 aromatic rings. The number of rotatable bonds is 3. The van der Waals surface area contributed by atoms with E-state index in [4.69, 9.17) is 21.1 Å². The number of carbonyl (C=O) groups is 1. The van der Waals surface area contributed by atoms with Crippen molar-refractivity contribution in [3.63, 3.8) is 0 Å². The molecule has 86 valence electrons. The van der Waals surface area contributed by atoms with Gasteiger partial charge in [0, 0.05) is 11.6 Å². The fraction of sp³-hybridized carbons (Fsp3) is 0.364. The van der Waals surface area contributed by atoms with Gasteiger partial charge in [0.05, 0.1) is 11.6 Å². The van der Waals surface area contributed by atoms with Crippen LogP contribution >= 0.6 is 11.6 Å². The van der Waals surface area contributed by atoms with Gasteiger partial charge in [-0.2, -0.15) is 0 Å². The average molecular weight is 242 g/mol. The van der Waals surface area contributed by atoms with Crippen molar-refractivity contribution in [2.45, 2.75) is 0 Å². The van der Waals surface area contributed by atoms with Gasteiger partial charge in [0.2, 0.25) is 0 Å². The lowest BCUT2D eigenvalue weighted by molar-refractivity contribution is 0.0992. The highest BCUT2D eigenvalue weighted by atomic mass is 35.5. The maximum absolute atomic E-state index is 11.7. The first-order valence-electron chi connectivity index (χ1n) is 4.99. The second kappa shape index (κ2) is 4.72. The third-order valence-electron chi connectivity index (χ3n) is 2.27. The number of Topliss-reactive ketones (excluding diaryl/α,β-unsaturated/α-hetero) is 1. The molecule has 4 nitrogen and oxygen atoms in total. The van der Waals surface area contributed by atoms with E-state index in [0.29, 0.717) is 35.3 Å². The average Bonchev–Trinajstić information content (AvgIpc) is 2.28. The minimum absolute atomic E-state index is 0.0653. The zero-order valence-corrected chi connectivity index (χ0v) is 9.63. The van der Waals surface area contributed by atoms with Gasteiger partial charge in [-0.1, -0.05) is 11.6 Å². The first-order valence-corrected chi connectivity index (χ1v) is 5.37. The topological polar surface area (TPSA) is 47.6 Å². The molecule has 16 heavy (non-hydrogen) atoms. The molecule has 1 aliphatic rings. The maximum atomic E-state index is 11.7. The third kappa shape index (κ3) is 2.13. The first kappa shape index (κ1) is 11.2. The minimum atomic E-state index is -0.0653. The predicted molar refractivity (Wildman–Crippen MR) is 60.7 cm³/mol. The van der Waals surface area contributed by atoms with Gasteiger partial charge in [-0.05, 0) is 13.1 Å². The van der Waals surface area contributed by atoms with Crippen LogP contribution in [0.3, 0.4) is 0 Å². The van der Waals surface area contributed by atoms with Crippen LogP contribution in [0.1, 0.15) is 10.4 Å². The summed E-state index contributed by atoms with van der Waals surface area (Å²) >= 11 is 6.01. The summed E-state index contributed by atoms with van der Waals surface area (Å²) in [6.07, 6.45) is 0. The molecular formula is C11H12ClNO3. The quantitative estimate of drug-likeness (QED) is 0.815. The summed E-state index contributed by atoms with van der Waals surface area (Å²) in [5, 5.41) is 3.19. The van der Waals surface area contributed by atoms with Crippen molar-refractivity contribution in [3.8, 4) is 11.5 Å². The van der Waals surface area contributed by atoms with Crippen molar-refractivity contribution in [1.29, 1.82) is 0 Å². The maximum Gasteiger partial charge on any atom is 0.178 e. The second-order valence-electron chi connectivity index (χ2n) is 3.43. The highest BCUT2D eigenvalue weighted by Gasteiger charge is 2.18. The van der Waals surface area contributed by atoms with Crippen LogP contribution in [-0.4, -0.2) is 32.6 Å². The van der Waals surface area contributed by atoms with E-state index >= 15 is 0 Å². The van der Waals surface area contributed by atoms with Gasteiger partial charge < -0.3 is 14.8 Å². The Morgan fingerprint density at radius 3 is 2.62 bits per heavy atom. The Kier molecular flexibility index (Phi) is 3.31. The smallest absolute Gasteiger partial charge is 0.178 e. The summed E-state index contributed by atoms with van der Waals surface area (Å²) in [5.41, 5.74) is 0.459. The SMILES string of the molecule is CNCC(=O)c1cc2c(cc1Cl)OCCO2. The molecule has 0 radical (unpaired) electrons. The van der Waals surface area contributed by atoms with E-state index in [2.05, 4.69) is 5.32 Å². The predicted octanol–water partition coefficient (Wildman–Crippen LogP) is 1.51. The molecule has 0 aromatic heterocycles. The van der Waals surface area contributed by atoms with Gasteiger partial charge in [0.15, 0.2) is 17.3 Å². The summed E-state index contributed by atoms with van der Waals surface area (Å²) in [7, 11) is 1.71. The van der Waals surface area contributed by atoms with Crippen molar-refractivity contribution >= 4 is 17.4 Å². The molecule has 0 saturated carbocycles. The Morgan fingerprint density at radius 2 is 2.00 bits per heavy atom. The number of fused-ring (bicyclic) bond motifs is 1. The van der Waals surface area contributed by atoms with Gasteiger partial charge in [-0.3, -0.25) is 4.79 Å². The van der Waals surface area contributed by atoms with Gasteiger partial charge in [0.25, 0.3) is 0 Å². The number of carbonyl (C=O) groups excluding carboxylic acids is 1. The van der Waals surface area contributed by atoms with E-state index < -0.39 is 0 Å². The number of ketones is 1. The van der Waals surface area contributed by atoms with Crippen LogP contribution in [0.15, 0.2) is 12.1 Å². The Hall–Kier alpha value is -1.26. The van der Waals surface area contributed by atoms with Gasteiger partial charge >= 0.3 is 0 Å². The minimum Gasteiger partial charge on any atom is -0.486 e. The van der Waals surface area contributed by atoms with Crippen LogP contribution < -0.4 is 14.8 Å². The number of likely N-dealkylation sites (N-methyl/N-ethyl adjacent to an activating group) is 1. The fourth-order valence-corrected chi connectivity index (χ4v) is 1.79. The number of hydrogen-bond acceptors (Lipinski definition) is 4. The van der Waals surface area contributed by atoms with Crippen molar-refractivity contribution in [2.75, 3.05) is 26.8 Å². The highest BCUT2D eigenvalue weighted by Crippen LogP contribution is 2.35. The molecule has 2 rings (SSSR count). The van der Waals surface area contributed by atoms with Crippen LogP contribution in [0.5, 0.6) is 11.5 Å². The summed E-state index contributed by atoms with van der Waals surface area (Å²) in [4.78, 5) is 11.7. The molecule has 1 aromatic carbocycles. The molecule has 1 heterocycles. The standard InChI is InChI=1S/C11H12ClNO3/c1-13-6-9(14)7-4-10-11(5-8(7)12)16-3-2-15-10/h4-5,13H,2-3,6H2,1H3.